The molecule has 1 saturated heterocycles. The predicted octanol–water partition coefficient (Wildman–Crippen LogP) is 5.20. The largest absolute Gasteiger partial charge is 0.489 e. The fourth-order valence-corrected chi connectivity index (χ4v) is 9.20. The van der Waals surface area contributed by atoms with Gasteiger partial charge in [-0.25, -0.2) is 0 Å². The van der Waals surface area contributed by atoms with Crippen LogP contribution >= 0.6 is 11.9 Å². The van der Waals surface area contributed by atoms with Crippen LogP contribution in [0.25, 0.3) is 22.0 Å². The third-order valence-electron chi connectivity index (χ3n) is 9.83. The van der Waals surface area contributed by atoms with E-state index in [4.69, 9.17) is 9.47 Å². The molecule has 2 N–H and O–H groups in total. The van der Waals surface area contributed by atoms with Crippen molar-refractivity contribution >= 4 is 28.5 Å². The van der Waals surface area contributed by atoms with Crippen molar-refractivity contribution in [3.63, 3.8) is 0 Å². The molecule has 4 atom stereocenters. The Morgan fingerprint density at radius 2 is 1.91 bits per heavy atom. The van der Waals surface area contributed by atoms with Gasteiger partial charge in [0.15, 0.2) is 0 Å². The molecule has 4 unspecified atom stereocenters. The number of aromatic nitrogens is 2. The van der Waals surface area contributed by atoms with E-state index in [0.29, 0.717) is 22.3 Å². The molecule has 4 saturated carbocycles. The molecule has 1 aliphatic heterocycles. The minimum absolute atomic E-state index is 0.00838. The molecule has 6 nitrogen and oxygen atoms in total. The van der Waals surface area contributed by atoms with Gasteiger partial charge in [0.25, 0.3) is 5.56 Å². The standard InChI is InChI=1S/C28H31N3O3S/c1-31-12-21(19-4-5-29-25(19)27(31)32)20-9-17(30-35-18-13-33-14-18)2-3-24(20)34-26-22-7-15-6-16-8-23(26)28(22,10-15)11-16/h2-5,9,12,15-16,18,22-23,26,29-30H,6-8,10-11,13-14H2,1H3. The van der Waals surface area contributed by atoms with E-state index in [-0.39, 0.29) is 5.56 Å². The average molecular weight is 490 g/mol. The lowest BCUT2D eigenvalue weighted by atomic mass is 9.54. The van der Waals surface area contributed by atoms with Crippen LogP contribution in [0.5, 0.6) is 5.75 Å². The lowest BCUT2D eigenvalue weighted by molar-refractivity contribution is -0.123. The van der Waals surface area contributed by atoms with Gasteiger partial charge < -0.3 is 23.7 Å². The summed E-state index contributed by atoms with van der Waals surface area (Å²) >= 11 is 1.72. The molecule has 0 radical (unpaired) electrons. The number of nitrogens with one attached hydrogen (secondary N) is 2. The van der Waals surface area contributed by atoms with E-state index in [9.17, 15) is 4.79 Å². The van der Waals surface area contributed by atoms with Gasteiger partial charge in [-0.3, -0.25) is 4.79 Å². The highest BCUT2D eigenvalue weighted by atomic mass is 32.2. The topological polar surface area (TPSA) is 68.3 Å². The molecule has 8 rings (SSSR count). The van der Waals surface area contributed by atoms with Crippen molar-refractivity contribution in [2.24, 2.45) is 36.1 Å². The summed E-state index contributed by atoms with van der Waals surface area (Å²) in [6.07, 6.45) is 11.2. The second-order valence-corrected chi connectivity index (χ2v) is 12.8. The number of anilines is 1. The van der Waals surface area contributed by atoms with E-state index < -0.39 is 0 Å². The van der Waals surface area contributed by atoms with Gasteiger partial charge in [-0.05, 0) is 85.6 Å². The van der Waals surface area contributed by atoms with Gasteiger partial charge in [0.1, 0.15) is 17.4 Å². The van der Waals surface area contributed by atoms with Crippen LogP contribution in [-0.2, 0) is 11.8 Å². The van der Waals surface area contributed by atoms with Gasteiger partial charge in [0, 0.05) is 53.5 Å². The minimum atomic E-state index is -0.00838. The number of aromatic amines is 1. The van der Waals surface area contributed by atoms with E-state index >= 15 is 0 Å². The summed E-state index contributed by atoms with van der Waals surface area (Å²) < 4.78 is 17.5. The van der Waals surface area contributed by atoms with Crippen molar-refractivity contribution in [3.8, 4) is 16.9 Å². The lowest BCUT2D eigenvalue weighted by Crippen LogP contribution is -2.57. The first-order valence-corrected chi connectivity index (χ1v) is 13.9. The number of fused-ring (bicyclic) bond motifs is 3. The maximum absolute atomic E-state index is 12.7. The quantitative estimate of drug-likeness (QED) is 0.466. The Hall–Kier alpha value is -2.38. The van der Waals surface area contributed by atoms with E-state index in [1.165, 1.54) is 32.1 Å². The smallest absolute Gasteiger partial charge is 0.274 e. The van der Waals surface area contributed by atoms with Crippen molar-refractivity contribution in [3.05, 3.63) is 47.0 Å². The summed E-state index contributed by atoms with van der Waals surface area (Å²) in [5.41, 5.74) is 4.36. The van der Waals surface area contributed by atoms with Gasteiger partial charge in [-0.15, -0.1) is 0 Å². The molecule has 5 aliphatic rings. The second kappa shape index (κ2) is 7.32. The first-order valence-electron chi connectivity index (χ1n) is 13.1. The Kier molecular flexibility index (Phi) is 4.35. The van der Waals surface area contributed by atoms with Gasteiger partial charge in [0.2, 0.25) is 0 Å². The van der Waals surface area contributed by atoms with Gasteiger partial charge >= 0.3 is 0 Å². The molecule has 1 spiro atoms. The predicted molar refractivity (Wildman–Crippen MR) is 139 cm³/mol. The molecule has 7 heteroatoms. The van der Waals surface area contributed by atoms with Gasteiger partial charge in [0.05, 0.1) is 18.5 Å². The van der Waals surface area contributed by atoms with Crippen LogP contribution in [0.4, 0.5) is 5.69 Å². The maximum atomic E-state index is 12.7. The first-order chi connectivity index (χ1) is 17.1. The SMILES string of the molecule is Cn1cc(-c2cc(NSC3COC3)ccc2OC2C3CC4CC5CC2C3(C4)C5)c2cc[nH]c2c1=O. The van der Waals surface area contributed by atoms with Crippen molar-refractivity contribution in [2.75, 3.05) is 17.9 Å². The molecule has 5 fully saturated rings. The molecule has 182 valence electrons. The minimum Gasteiger partial charge on any atom is -0.489 e. The Morgan fingerprint density at radius 3 is 2.66 bits per heavy atom. The Labute approximate surface area is 208 Å². The molecule has 2 aromatic heterocycles. The monoisotopic (exact) mass is 489 g/mol. The molecular formula is C28H31N3O3S. The highest BCUT2D eigenvalue weighted by Gasteiger charge is 2.72. The van der Waals surface area contributed by atoms with E-state index in [0.717, 1.165) is 64.8 Å². The number of ether oxygens (including phenoxy) is 2. The zero-order chi connectivity index (χ0) is 23.3. The Balaban J connectivity index is 1.19. The Morgan fingerprint density at radius 1 is 1.11 bits per heavy atom. The molecule has 1 aromatic carbocycles. The summed E-state index contributed by atoms with van der Waals surface area (Å²) in [5, 5.41) is 1.43. The van der Waals surface area contributed by atoms with Crippen LogP contribution in [0.3, 0.4) is 0 Å². The maximum Gasteiger partial charge on any atom is 0.274 e. The Bertz CT molecular complexity index is 1370. The third-order valence-corrected chi connectivity index (χ3v) is 10.8. The van der Waals surface area contributed by atoms with Crippen molar-refractivity contribution < 1.29 is 9.47 Å². The third kappa shape index (κ3) is 2.91. The molecule has 0 amide bonds. The van der Waals surface area contributed by atoms with E-state index in [2.05, 4.69) is 27.9 Å². The first kappa shape index (κ1) is 20.8. The van der Waals surface area contributed by atoms with Crippen molar-refractivity contribution in [2.45, 2.75) is 43.5 Å². The number of rotatable bonds is 6. The van der Waals surface area contributed by atoms with Crippen LogP contribution in [-0.4, -0.2) is 34.1 Å². The van der Waals surface area contributed by atoms with E-state index in [1.54, 1.807) is 16.5 Å². The second-order valence-electron chi connectivity index (χ2n) is 11.7. The van der Waals surface area contributed by atoms with Crippen molar-refractivity contribution in [1.82, 2.24) is 9.55 Å². The summed E-state index contributed by atoms with van der Waals surface area (Å²) in [5.74, 6) is 4.24. The van der Waals surface area contributed by atoms with Crippen LogP contribution in [0, 0.1) is 29.1 Å². The van der Waals surface area contributed by atoms with Crippen LogP contribution in [0.15, 0.2) is 41.5 Å². The number of pyridine rings is 1. The highest BCUT2D eigenvalue weighted by Crippen LogP contribution is 2.76. The van der Waals surface area contributed by atoms with Crippen molar-refractivity contribution in [1.29, 1.82) is 0 Å². The zero-order valence-corrected chi connectivity index (χ0v) is 20.8. The lowest BCUT2D eigenvalue weighted by Gasteiger charge is -2.55. The van der Waals surface area contributed by atoms with Crippen LogP contribution in [0.1, 0.15) is 32.1 Å². The van der Waals surface area contributed by atoms with Crippen LogP contribution < -0.4 is 15.0 Å². The fourth-order valence-electron chi connectivity index (χ4n) is 8.44. The number of hydrogen-bond acceptors (Lipinski definition) is 5. The number of aryl methyl sites for hydroxylation is 1. The average Bonchev–Trinajstić information content (AvgIpc) is 3.46. The fraction of sp³-hybridized carbons (Fsp3) is 0.536. The summed E-state index contributed by atoms with van der Waals surface area (Å²) in [4.78, 5) is 15.9. The van der Waals surface area contributed by atoms with E-state index in [1.807, 2.05) is 25.5 Å². The summed E-state index contributed by atoms with van der Waals surface area (Å²) in [7, 11) is 1.82. The number of H-pyrrole nitrogens is 1. The molecule has 3 bridgehead atoms. The normalized spacial score (nSPS) is 34.6. The molecule has 35 heavy (non-hydrogen) atoms. The number of benzene rings is 1. The van der Waals surface area contributed by atoms with Gasteiger partial charge in [-0.2, -0.15) is 0 Å². The zero-order valence-electron chi connectivity index (χ0n) is 20.0. The molecular weight excluding hydrogens is 458 g/mol. The van der Waals surface area contributed by atoms with Crippen LogP contribution in [0.2, 0.25) is 0 Å². The summed E-state index contributed by atoms with van der Waals surface area (Å²) in [6, 6.07) is 8.48. The van der Waals surface area contributed by atoms with Gasteiger partial charge in [-0.1, -0.05) is 0 Å². The summed E-state index contributed by atoms with van der Waals surface area (Å²) in [6.45, 7) is 1.59. The molecule has 3 heterocycles. The highest BCUT2D eigenvalue weighted by molar-refractivity contribution is 8.01. The number of nitrogens with zero attached hydrogens (tertiary/aromatic N) is 1. The molecule has 4 aliphatic carbocycles. The molecule has 3 aromatic rings. The number of hydrogen-bond donors (Lipinski definition) is 2.